The summed E-state index contributed by atoms with van der Waals surface area (Å²) in [6.07, 6.45) is 0. The van der Waals surface area contributed by atoms with Crippen molar-refractivity contribution in [2.75, 3.05) is 24.8 Å². The van der Waals surface area contributed by atoms with Gasteiger partial charge in [0.15, 0.2) is 5.16 Å². The molecule has 9 heteroatoms. The highest BCUT2D eigenvalue weighted by molar-refractivity contribution is 7.99. The Morgan fingerprint density at radius 3 is 2.43 bits per heavy atom. The number of para-hydroxylation sites is 2. The minimum atomic E-state index is -0.234. The van der Waals surface area contributed by atoms with Gasteiger partial charge in [0.2, 0.25) is 5.91 Å². The first-order valence-corrected chi connectivity index (χ1v) is 12.7. The lowest BCUT2D eigenvalue weighted by molar-refractivity contribution is -0.113. The summed E-state index contributed by atoms with van der Waals surface area (Å²) in [7, 11) is 1.58. The van der Waals surface area contributed by atoms with Crippen molar-refractivity contribution in [3.63, 3.8) is 0 Å². The minimum absolute atomic E-state index is 0.0679. The number of nitrogens with zero attached hydrogens (tertiary/aromatic N) is 4. The van der Waals surface area contributed by atoms with Gasteiger partial charge in [-0.1, -0.05) is 72.4 Å². The van der Waals surface area contributed by atoms with Crippen molar-refractivity contribution in [3.05, 3.63) is 101 Å². The molecule has 5 aromatic rings. The van der Waals surface area contributed by atoms with E-state index < -0.39 is 0 Å². The van der Waals surface area contributed by atoms with Crippen LogP contribution in [0.15, 0.2) is 101 Å². The van der Waals surface area contributed by atoms with Crippen molar-refractivity contribution in [2.24, 2.45) is 0 Å². The molecule has 1 amide bonds. The number of hydrogen-bond donors (Lipinski definition) is 1. The summed E-state index contributed by atoms with van der Waals surface area (Å²) < 4.78 is 8.46. The van der Waals surface area contributed by atoms with Gasteiger partial charge in [0.25, 0.3) is 5.56 Å². The smallest absolute Gasteiger partial charge is 0.262 e. The summed E-state index contributed by atoms with van der Waals surface area (Å²) in [5, 5.41) is 8.73. The minimum Gasteiger partial charge on any atom is -0.383 e. The maximum atomic E-state index is 13.1. The van der Waals surface area contributed by atoms with E-state index in [9.17, 15) is 9.59 Å². The number of ether oxygens (including phenoxy) is 1. The normalized spacial score (nSPS) is 11.1. The Hall–Kier alpha value is -4.21. The van der Waals surface area contributed by atoms with Crippen LogP contribution in [0.5, 0.6) is 0 Å². The molecule has 1 N–H and O–H groups in total. The molecule has 0 spiro atoms. The fourth-order valence-electron chi connectivity index (χ4n) is 3.93. The Labute approximate surface area is 217 Å². The number of anilines is 1. The molecule has 0 saturated heterocycles. The van der Waals surface area contributed by atoms with Gasteiger partial charge in [-0.15, -0.1) is 0 Å². The van der Waals surface area contributed by atoms with E-state index in [2.05, 4.69) is 10.3 Å². The lowest BCUT2D eigenvalue weighted by Gasteiger charge is -2.13. The summed E-state index contributed by atoms with van der Waals surface area (Å²) >= 11 is 1.21. The van der Waals surface area contributed by atoms with E-state index in [0.717, 1.165) is 16.9 Å². The number of amides is 1. The van der Waals surface area contributed by atoms with Crippen LogP contribution in [0.4, 0.5) is 5.82 Å². The Bertz CT molecular complexity index is 1580. The zero-order valence-corrected chi connectivity index (χ0v) is 21.0. The van der Waals surface area contributed by atoms with Crippen molar-refractivity contribution >= 4 is 34.4 Å². The monoisotopic (exact) mass is 511 g/mol. The van der Waals surface area contributed by atoms with E-state index >= 15 is 0 Å². The van der Waals surface area contributed by atoms with Crippen molar-refractivity contribution in [2.45, 2.75) is 11.7 Å². The molecule has 2 heterocycles. The standard InChI is InChI=1S/C28H25N5O3S/c1-36-17-16-32-27(35)22-14-8-9-15-23(22)29-28(32)37-19-26(34)30-25-18-24(20-10-4-2-5-11-20)31-33(25)21-12-6-3-7-13-21/h2-15,18H,16-17,19H2,1H3,(H,30,34). The largest absolute Gasteiger partial charge is 0.383 e. The summed E-state index contributed by atoms with van der Waals surface area (Å²) in [6.45, 7) is 0.705. The fourth-order valence-corrected chi connectivity index (χ4v) is 4.76. The molecule has 0 unspecified atom stereocenters. The maximum Gasteiger partial charge on any atom is 0.262 e. The topological polar surface area (TPSA) is 91.0 Å². The van der Waals surface area contributed by atoms with Gasteiger partial charge in [0.05, 0.1) is 41.2 Å². The van der Waals surface area contributed by atoms with Gasteiger partial charge >= 0.3 is 0 Å². The van der Waals surface area contributed by atoms with E-state index in [4.69, 9.17) is 9.84 Å². The molecule has 2 aromatic heterocycles. The van der Waals surface area contributed by atoms with Crippen LogP contribution in [-0.2, 0) is 16.1 Å². The number of carbonyl (C=O) groups is 1. The van der Waals surface area contributed by atoms with Gasteiger partial charge in [-0.05, 0) is 24.3 Å². The van der Waals surface area contributed by atoms with Gasteiger partial charge in [-0.25, -0.2) is 9.67 Å². The maximum absolute atomic E-state index is 13.1. The zero-order chi connectivity index (χ0) is 25.6. The molecule has 0 aliphatic heterocycles. The summed E-state index contributed by atoms with van der Waals surface area (Å²) in [4.78, 5) is 30.8. The summed E-state index contributed by atoms with van der Waals surface area (Å²) in [5.74, 6) is 0.388. The molecule has 0 fully saturated rings. The van der Waals surface area contributed by atoms with Gasteiger partial charge in [-0.2, -0.15) is 5.10 Å². The Balaban J connectivity index is 1.40. The van der Waals surface area contributed by atoms with Crippen molar-refractivity contribution < 1.29 is 9.53 Å². The van der Waals surface area contributed by atoms with E-state index in [-0.39, 0.29) is 17.2 Å². The average Bonchev–Trinajstić information content (AvgIpc) is 3.36. The number of nitrogens with one attached hydrogen (secondary N) is 1. The van der Waals surface area contributed by atoms with E-state index in [1.165, 1.54) is 11.8 Å². The molecule has 3 aromatic carbocycles. The first kappa shape index (κ1) is 24.5. The lowest BCUT2D eigenvalue weighted by atomic mass is 10.2. The molecular weight excluding hydrogens is 486 g/mol. The van der Waals surface area contributed by atoms with Gasteiger partial charge in [-0.3, -0.25) is 14.2 Å². The van der Waals surface area contributed by atoms with Crippen LogP contribution < -0.4 is 10.9 Å². The van der Waals surface area contributed by atoms with Crippen LogP contribution >= 0.6 is 11.8 Å². The van der Waals surface area contributed by atoms with Crippen LogP contribution in [-0.4, -0.2) is 44.7 Å². The van der Waals surface area contributed by atoms with Crippen LogP contribution in [0.2, 0.25) is 0 Å². The predicted molar refractivity (Wildman–Crippen MR) is 146 cm³/mol. The lowest BCUT2D eigenvalue weighted by Crippen LogP contribution is -2.26. The highest BCUT2D eigenvalue weighted by Gasteiger charge is 2.16. The Morgan fingerprint density at radius 1 is 0.973 bits per heavy atom. The molecule has 0 bridgehead atoms. The molecule has 37 heavy (non-hydrogen) atoms. The summed E-state index contributed by atoms with van der Waals surface area (Å²) in [6, 6.07) is 28.5. The number of fused-ring (bicyclic) bond motifs is 1. The van der Waals surface area contributed by atoms with Gasteiger partial charge in [0.1, 0.15) is 5.82 Å². The third-order valence-electron chi connectivity index (χ3n) is 5.73. The molecule has 5 rings (SSSR count). The van der Waals surface area contributed by atoms with E-state index in [1.807, 2.05) is 78.9 Å². The van der Waals surface area contributed by atoms with E-state index in [1.54, 1.807) is 28.5 Å². The molecule has 0 aliphatic carbocycles. The van der Waals surface area contributed by atoms with Gasteiger partial charge < -0.3 is 10.1 Å². The number of methoxy groups -OCH3 is 1. The molecule has 186 valence electrons. The van der Waals surface area contributed by atoms with Crippen LogP contribution in [0.25, 0.3) is 27.8 Å². The molecule has 0 radical (unpaired) electrons. The number of benzene rings is 3. The second-order valence-corrected chi connectivity index (χ2v) is 9.17. The zero-order valence-electron chi connectivity index (χ0n) is 20.2. The Kier molecular flexibility index (Phi) is 7.43. The highest BCUT2D eigenvalue weighted by Crippen LogP contribution is 2.25. The third-order valence-corrected chi connectivity index (χ3v) is 6.70. The van der Waals surface area contributed by atoms with Crippen LogP contribution in [0.1, 0.15) is 0 Å². The van der Waals surface area contributed by atoms with E-state index in [0.29, 0.717) is 35.0 Å². The first-order valence-electron chi connectivity index (χ1n) is 11.8. The Morgan fingerprint density at radius 2 is 1.68 bits per heavy atom. The molecular formula is C28H25N5O3S. The molecule has 8 nitrogen and oxygen atoms in total. The summed E-state index contributed by atoms with van der Waals surface area (Å²) in [5.41, 5.74) is 2.97. The third kappa shape index (κ3) is 5.47. The molecule has 0 aliphatic rings. The average molecular weight is 512 g/mol. The predicted octanol–water partition coefficient (Wildman–Crippen LogP) is 4.63. The number of rotatable bonds is 9. The SMILES string of the molecule is COCCn1c(SCC(=O)Nc2cc(-c3ccccc3)nn2-c2ccccc2)nc2ccccc2c1=O. The number of thioether (sulfide) groups is 1. The van der Waals surface area contributed by atoms with Crippen LogP contribution in [0.3, 0.4) is 0 Å². The molecule has 0 saturated carbocycles. The second kappa shape index (κ2) is 11.2. The number of aromatic nitrogens is 4. The first-order chi connectivity index (χ1) is 18.1. The fraction of sp³-hybridized carbons (Fsp3) is 0.143. The highest BCUT2D eigenvalue weighted by atomic mass is 32.2. The van der Waals surface area contributed by atoms with Crippen molar-refractivity contribution in [1.82, 2.24) is 19.3 Å². The second-order valence-electron chi connectivity index (χ2n) is 8.23. The molecule has 0 atom stereocenters. The van der Waals surface area contributed by atoms with Crippen molar-refractivity contribution in [1.29, 1.82) is 0 Å². The van der Waals surface area contributed by atoms with Crippen molar-refractivity contribution in [3.8, 4) is 16.9 Å². The van der Waals surface area contributed by atoms with Crippen LogP contribution in [0, 0.1) is 0 Å². The quantitative estimate of drug-likeness (QED) is 0.229. The van der Waals surface area contributed by atoms with Gasteiger partial charge in [0, 0.05) is 18.7 Å². The number of carbonyl (C=O) groups excluding carboxylic acids is 1. The number of hydrogen-bond acceptors (Lipinski definition) is 6.